The third kappa shape index (κ3) is 6.05. The molecule has 0 aliphatic rings. The van der Waals surface area contributed by atoms with Crippen molar-refractivity contribution in [3.63, 3.8) is 0 Å². The van der Waals surface area contributed by atoms with Crippen molar-refractivity contribution in [2.45, 2.75) is 6.42 Å². The Morgan fingerprint density at radius 3 is 2.25 bits per heavy atom. The van der Waals surface area contributed by atoms with Gasteiger partial charge in [0, 0.05) is 0 Å². The fourth-order valence-electron chi connectivity index (χ4n) is 0.447. The van der Waals surface area contributed by atoms with Crippen molar-refractivity contribution in [3.8, 4) is 12.3 Å². The van der Waals surface area contributed by atoms with Gasteiger partial charge in [0.05, 0.1) is 0 Å². The third-order valence-corrected chi connectivity index (χ3v) is 2.77. The Kier molecular flexibility index (Phi) is 3.18. The van der Waals surface area contributed by atoms with Gasteiger partial charge in [0.25, 0.3) is 0 Å². The summed E-state index contributed by atoms with van der Waals surface area (Å²) in [5.41, 5.74) is 0. The fraction of sp³-hybridized carbons (Fsp3) is 0.667. The van der Waals surface area contributed by atoms with Crippen LogP contribution < -0.4 is 0 Å². The molecule has 0 aliphatic heterocycles. The van der Waals surface area contributed by atoms with E-state index in [-0.39, 0.29) is 0 Å². The van der Waals surface area contributed by atoms with Gasteiger partial charge in [-0.05, 0) is 0 Å². The molecule has 0 amide bonds. The van der Waals surface area contributed by atoms with Gasteiger partial charge in [0.15, 0.2) is 0 Å². The minimum absolute atomic E-state index is 0.821. The maximum absolute atomic E-state index is 5.11. The van der Waals surface area contributed by atoms with E-state index in [0.717, 1.165) is 6.42 Å². The molecule has 2 heteroatoms. The standard InChI is InChI=1S/C6H14BP/c1-4-5-6-8(2,3)7/h1,8H,5-7H2,2-3H3. The first-order valence-corrected chi connectivity index (χ1v) is 6.70. The van der Waals surface area contributed by atoms with Gasteiger partial charge in [-0.2, -0.15) is 0 Å². The maximum atomic E-state index is 5.11. The Bertz CT molecular complexity index is 96.1. The van der Waals surface area contributed by atoms with E-state index < -0.39 is 7.14 Å². The van der Waals surface area contributed by atoms with E-state index >= 15 is 0 Å². The van der Waals surface area contributed by atoms with Gasteiger partial charge < -0.3 is 0 Å². The Balaban J connectivity index is 3.28. The molecule has 0 heterocycles. The molecule has 0 nitrogen and oxygen atoms in total. The molecule has 0 fully saturated rings. The van der Waals surface area contributed by atoms with Gasteiger partial charge in [0.2, 0.25) is 0 Å². The van der Waals surface area contributed by atoms with Gasteiger partial charge in [-0.3, -0.25) is 0 Å². The first-order valence-electron chi connectivity index (χ1n) is 3.00. The molecule has 46 valence electrons. The van der Waals surface area contributed by atoms with Crippen molar-refractivity contribution in [1.29, 1.82) is 0 Å². The molecule has 0 bridgehead atoms. The molecule has 0 N–H and O–H groups in total. The van der Waals surface area contributed by atoms with E-state index in [2.05, 4.69) is 26.8 Å². The van der Waals surface area contributed by atoms with Crippen molar-refractivity contribution in [2.24, 2.45) is 0 Å². The average Bonchev–Trinajstić information content (AvgIpc) is 1.59. The number of terminal acetylenes is 1. The van der Waals surface area contributed by atoms with Crippen molar-refractivity contribution < 1.29 is 0 Å². The summed E-state index contributed by atoms with van der Waals surface area (Å²) in [6.07, 6.45) is 7.34. The van der Waals surface area contributed by atoms with Crippen LogP contribution in [0, 0.1) is 12.3 Å². The molecule has 0 aromatic carbocycles. The zero-order valence-electron chi connectivity index (χ0n) is 5.99. The molecule has 0 unspecified atom stereocenters. The van der Waals surface area contributed by atoms with Crippen LogP contribution in [-0.2, 0) is 0 Å². The molecule has 0 aromatic heterocycles. The molecule has 0 saturated carbocycles. The first-order chi connectivity index (χ1) is 3.56. The summed E-state index contributed by atoms with van der Waals surface area (Å²) < 4.78 is 0. The molecule has 0 atom stereocenters. The molecular weight excluding hydrogens is 114 g/mol. The van der Waals surface area contributed by atoms with Crippen LogP contribution in [0.2, 0.25) is 0 Å². The Morgan fingerprint density at radius 2 is 2.12 bits per heavy atom. The predicted octanol–water partition coefficient (Wildman–Crippen LogP) is 0.567. The summed E-state index contributed by atoms with van der Waals surface area (Å²) in [5, 5.41) is 0. The van der Waals surface area contributed by atoms with Crippen molar-refractivity contribution in [3.05, 3.63) is 0 Å². The van der Waals surface area contributed by atoms with Crippen LogP contribution in [0.1, 0.15) is 6.42 Å². The van der Waals surface area contributed by atoms with Crippen LogP contribution in [0.5, 0.6) is 0 Å². The second-order valence-corrected chi connectivity index (χ2v) is 8.89. The third-order valence-electron chi connectivity index (χ3n) is 1.02. The van der Waals surface area contributed by atoms with E-state index in [1.165, 1.54) is 6.16 Å². The topological polar surface area (TPSA) is 0 Å². The number of hydrogen-bond acceptors (Lipinski definition) is 0. The van der Waals surface area contributed by atoms with Gasteiger partial charge in [-0.25, -0.2) is 0 Å². The van der Waals surface area contributed by atoms with Crippen LogP contribution in [0.3, 0.4) is 0 Å². The predicted molar refractivity (Wildman–Crippen MR) is 47.0 cm³/mol. The molecule has 0 aliphatic carbocycles. The van der Waals surface area contributed by atoms with E-state index in [0.29, 0.717) is 0 Å². The van der Waals surface area contributed by atoms with Crippen LogP contribution in [-0.4, -0.2) is 27.1 Å². The minimum atomic E-state index is -0.821. The number of hydrogen-bond donors (Lipinski definition) is 0. The normalized spacial score (nSPS) is 12.6. The second-order valence-electron chi connectivity index (χ2n) is 3.26. The summed E-state index contributed by atoms with van der Waals surface area (Å²) in [4.78, 5) is 0. The van der Waals surface area contributed by atoms with Crippen molar-refractivity contribution >= 4 is 14.7 Å². The van der Waals surface area contributed by atoms with Crippen molar-refractivity contribution in [1.82, 2.24) is 0 Å². The summed E-state index contributed by atoms with van der Waals surface area (Å²) in [7, 11) is 1.52. The first kappa shape index (κ1) is 8.05. The Labute approximate surface area is 53.8 Å². The Hall–Kier alpha value is 0.0549. The summed E-state index contributed by atoms with van der Waals surface area (Å²) in [6.45, 7) is 4.68. The zero-order chi connectivity index (χ0) is 6.62. The zero-order valence-corrected chi connectivity index (χ0v) is 6.99. The summed E-state index contributed by atoms with van der Waals surface area (Å²) >= 11 is 0. The Morgan fingerprint density at radius 1 is 1.62 bits per heavy atom. The molecule has 0 rings (SSSR count). The van der Waals surface area contributed by atoms with Crippen LogP contribution >= 0.6 is 7.14 Å². The average molecular weight is 128 g/mol. The molecule has 0 radical (unpaired) electrons. The molecule has 0 saturated heterocycles. The molecular formula is C6H14BP. The fourth-order valence-corrected chi connectivity index (χ4v) is 1.34. The van der Waals surface area contributed by atoms with Crippen molar-refractivity contribution in [2.75, 3.05) is 19.5 Å². The molecule has 0 spiro atoms. The SMILES string of the molecule is B[PH](C)(C)CCC#C. The summed E-state index contributed by atoms with van der Waals surface area (Å²) in [5.74, 6) is 2.66. The quantitative estimate of drug-likeness (QED) is 0.289. The number of rotatable bonds is 2. The monoisotopic (exact) mass is 128 g/mol. The van der Waals surface area contributed by atoms with Gasteiger partial charge in [0.1, 0.15) is 0 Å². The molecule has 0 aromatic rings. The van der Waals surface area contributed by atoms with Gasteiger partial charge in [-0.15, -0.1) is 0 Å². The van der Waals surface area contributed by atoms with Crippen LogP contribution in [0.15, 0.2) is 0 Å². The second kappa shape index (κ2) is 3.15. The van der Waals surface area contributed by atoms with E-state index in [9.17, 15) is 0 Å². The van der Waals surface area contributed by atoms with E-state index in [1.807, 2.05) is 0 Å². The van der Waals surface area contributed by atoms with E-state index in [4.69, 9.17) is 6.42 Å². The van der Waals surface area contributed by atoms with Crippen LogP contribution in [0.25, 0.3) is 0 Å². The van der Waals surface area contributed by atoms with Crippen LogP contribution in [0.4, 0.5) is 0 Å². The van der Waals surface area contributed by atoms with E-state index in [1.54, 1.807) is 0 Å². The van der Waals surface area contributed by atoms with Gasteiger partial charge in [-0.1, -0.05) is 0 Å². The van der Waals surface area contributed by atoms with Gasteiger partial charge >= 0.3 is 53.0 Å². The molecule has 8 heavy (non-hydrogen) atoms. The summed E-state index contributed by atoms with van der Waals surface area (Å²) in [6, 6.07) is 0.